The van der Waals surface area contributed by atoms with Gasteiger partial charge in [0.05, 0.1) is 17.8 Å². The van der Waals surface area contributed by atoms with E-state index in [1.54, 1.807) is 11.3 Å². The number of rotatable bonds is 2. The summed E-state index contributed by atoms with van der Waals surface area (Å²) in [5.41, 5.74) is 9.92. The maximum absolute atomic E-state index is 9.23. The lowest BCUT2D eigenvalue weighted by molar-refractivity contribution is 0.741. The Kier molecular flexibility index (Phi) is 3.52. The highest BCUT2D eigenvalue weighted by Crippen LogP contribution is 2.37. The highest BCUT2D eigenvalue weighted by Gasteiger charge is 2.25. The molecule has 1 aliphatic heterocycles. The number of nitrogen functional groups attached to an aromatic ring is 1. The van der Waals surface area contributed by atoms with Crippen molar-refractivity contribution in [3.63, 3.8) is 0 Å². The number of aromatic nitrogens is 1. The zero-order valence-corrected chi connectivity index (χ0v) is 14.0. The molecule has 114 valence electrons. The van der Waals surface area contributed by atoms with E-state index in [1.807, 2.05) is 18.2 Å². The summed E-state index contributed by atoms with van der Waals surface area (Å²) in [6.07, 6.45) is 0.853. The first-order valence-electron chi connectivity index (χ1n) is 7.32. The molecule has 0 amide bonds. The van der Waals surface area contributed by atoms with Gasteiger partial charge in [-0.1, -0.05) is 30.3 Å². The van der Waals surface area contributed by atoms with Crippen molar-refractivity contribution in [3.05, 3.63) is 51.7 Å². The lowest BCUT2D eigenvalue weighted by Crippen LogP contribution is -2.29. The molecule has 4 rings (SSSR count). The fourth-order valence-corrected chi connectivity index (χ4v) is 4.81. The van der Waals surface area contributed by atoms with Crippen LogP contribution in [-0.4, -0.2) is 11.5 Å². The lowest BCUT2D eigenvalue weighted by Gasteiger charge is -2.26. The van der Waals surface area contributed by atoms with Gasteiger partial charge in [-0.2, -0.15) is 5.26 Å². The molecule has 23 heavy (non-hydrogen) atoms. The molecular formula is C17H14N4S2. The van der Waals surface area contributed by atoms with Crippen LogP contribution >= 0.6 is 22.7 Å². The van der Waals surface area contributed by atoms with Crippen molar-refractivity contribution >= 4 is 32.8 Å². The maximum atomic E-state index is 9.23. The molecule has 1 aliphatic rings. The van der Waals surface area contributed by atoms with Crippen molar-refractivity contribution < 1.29 is 0 Å². The van der Waals surface area contributed by atoms with Crippen molar-refractivity contribution in [2.45, 2.75) is 13.0 Å². The average molecular weight is 338 g/mol. The van der Waals surface area contributed by atoms with E-state index in [0.717, 1.165) is 41.5 Å². The number of benzene rings is 1. The molecule has 3 aromatic rings. The number of nitriles is 1. The van der Waals surface area contributed by atoms with Crippen LogP contribution in [0.25, 0.3) is 11.3 Å². The van der Waals surface area contributed by atoms with Crippen LogP contribution in [0.5, 0.6) is 0 Å². The Morgan fingerprint density at radius 3 is 2.87 bits per heavy atom. The van der Waals surface area contributed by atoms with Gasteiger partial charge in [0.2, 0.25) is 0 Å². The van der Waals surface area contributed by atoms with Crippen LogP contribution < -0.4 is 10.6 Å². The fourth-order valence-electron chi connectivity index (χ4n) is 2.86. The number of hydrogen-bond donors (Lipinski definition) is 1. The molecule has 0 spiro atoms. The summed E-state index contributed by atoms with van der Waals surface area (Å²) in [4.78, 5) is 8.25. The zero-order valence-electron chi connectivity index (χ0n) is 12.3. The molecular weight excluding hydrogens is 324 g/mol. The minimum Gasteiger partial charge on any atom is -0.389 e. The smallest absolute Gasteiger partial charge is 0.186 e. The SMILES string of the molecule is N#Cc1c(N)sc2c1CCN(c1nc(-c3ccccc3)cs1)C2. The van der Waals surface area contributed by atoms with Crippen LogP contribution in [0, 0.1) is 11.3 Å². The van der Waals surface area contributed by atoms with E-state index in [1.165, 1.54) is 16.2 Å². The zero-order chi connectivity index (χ0) is 15.8. The third-order valence-corrected chi connectivity index (χ3v) is 5.98. The molecule has 3 heterocycles. The highest BCUT2D eigenvalue weighted by atomic mass is 32.1. The summed E-state index contributed by atoms with van der Waals surface area (Å²) in [5, 5.41) is 13.0. The van der Waals surface area contributed by atoms with E-state index in [0.29, 0.717) is 10.6 Å². The minimum absolute atomic E-state index is 0.642. The highest BCUT2D eigenvalue weighted by molar-refractivity contribution is 7.16. The first kappa shape index (κ1) is 14.2. The number of thiazole rings is 1. The average Bonchev–Trinajstić information content (AvgIpc) is 3.18. The van der Waals surface area contributed by atoms with Gasteiger partial charge >= 0.3 is 0 Å². The summed E-state index contributed by atoms with van der Waals surface area (Å²) in [6, 6.07) is 12.5. The fraction of sp³-hybridized carbons (Fsp3) is 0.176. The summed E-state index contributed by atoms with van der Waals surface area (Å²) in [6.45, 7) is 1.66. The van der Waals surface area contributed by atoms with Gasteiger partial charge in [0.1, 0.15) is 11.1 Å². The Morgan fingerprint density at radius 1 is 1.26 bits per heavy atom. The van der Waals surface area contributed by atoms with Crippen LogP contribution in [0.1, 0.15) is 16.0 Å². The molecule has 1 aromatic carbocycles. The van der Waals surface area contributed by atoms with Gasteiger partial charge in [0.15, 0.2) is 5.13 Å². The Bertz CT molecular complexity index is 889. The standard InChI is InChI=1S/C17H14N4S2/c18-8-13-12-6-7-21(9-15(12)23-16(13)19)17-20-14(10-22-17)11-4-2-1-3-5-11/h1-5,10H,6-7,9,19H2. The molecule has 0 radical (unpaired) electrons. The van der Waals surface area contributed by atoms with Gasteiger partial charge < -0.3 is 10.6 Å². The van der Waals surface area contributed by atoms with Crippen molar-refractivity contribution in [1.82, 2.24) is 4.98 Å². The molecule has 2 N–H and O–H groups in total. The van der Waals surface area contributed by atoms with Gasteiger partial charge in [-0.3, -0.25) is 0 Å². The predicted molar refractivity (Wildman–Crippen MR) is 95.8 cm³/mol. The monoisotopic (exact) mass is 338 g/mol. The minimum atomic E-state index is 0.642. The van der Waals surface area contributed by atoms with Crippen LogP contribution in [0.4, 0.5) is 10.1 Å². The van der Waals surface area contributed by atoms with E-state index in [-0.39, 0.29) is 0 Å². The number of thiophene rings is 1. The van der Waals surface area contributed by atoms with Crippen molar-refractivity contribution in [2.75, 3.05) is 17.2 Å². The lowest BCUT2D eigenvalue weighted by atomic mass is 10.0. The Labute approximate surface area is 142 Å². The van der Waals surface area contributed by atoms with Crippen LogP contribution in [0.2, 0.25) is 0 Å². The largest absolute Gasteiger partial charge is 0.389 e. The summed E-state index contributed by atoms with van der Waals surface area (Å²) in [5.74, 6) is 0. The van der Waals surface area contributed by atoms with Gasteiger partial charge in [-0.05, 0) is 12.0 Å². The Morgan fingerprint density at radius 2 is 2.09 bits per heavy atom. The van der Waals surface area contributed by atoms with Crippen LogP contribution in [0.3, 0.4) is 0 Å². The van der Waals surface area contributed by atoms with Gasteiger partial charge in [-0.15, -0.1) is 22.7 Å². The van der Waals surface area contributed by atoms with Gasteiger partial charge in [-0.25, -0.2) is 4.98 Å². The van der Waals surface area contributed by atoms with E-state index in [2.05, 4.69) is 28.5 Å². The number of fused-ring (bicyclic) bond motifs is 1. The number of nitrogens with two attached hydrogens (primary N) is 1. The van der Waals surface area contributed by atoms with E-state index in [4.69, 9.17) is 10.7 Å². The summed E-state index contributed by atoms with van der Waals surface area (Å²) < 4.78 is 0. The molecule has 0 unspecified atom stereocenters. The molecule has 4 nitrogen and oxygen atoms in total. The third-order valence-electron chi connectivity index (χ3n) is 4.03. The topological polar surface area (TPSA) is 65.9 Å². The van der Waals surface area contributed by atoms with Crippen LogP contribution in [0.15, 0.2) is 35.7 Å². The first-order valence-corrected chi connectivity index (χ1v) is 9.02. The molecule has 0 aliphatic carbocycles. The molecule has 0 atom stereocenters. The van der Waals surface area contributed by atoms with Gasteiger partial charge in [0.25, 0.3) is 0 Å². The second-order valence-corrected chi connectivity index (χ2v) is 7.38. The summed E-state index contributed by atoms with van der Waals surface area (Å²) >= 11 is 3.20. The quantitative estimate of drug-likeness (QED) is 0.770. The molecule has 0 fully saturated rings. The summed E-state index contributed by atoms with van der Waals surface area (Å²) in [7, 11) is 0. The number of anilines is 2. The maximum Gasteiger partial charge on any atom is 0.186 e. The Hall–Kier alpha value is -2.36. The Balaban J connectivity index is 1.61. The van der Waals surface area contributed by atoms with Crippen LogP contribution in [-0.2, 0) is 13.0 Å². The van der Waals surface area contributed by atoms with E-state index >= 15 is 0 Å². The third kappa shape index (κ3) is 2.48. The number of nitrogens with zero attached hydrogens (tertiary/aromatic N) is 3. The van der Waals surface area contributed by atoms with Crippen molar-refractivity contribution in [2.24, 2.45) is 0 Å². The first-order chi connectivity index (χ1) is 11.3. The second-order valence-electron chi connectivity index (χ2n) is 5.41. The molecule has 0 bridgehead atoms. The normalized spacial score (nSPS) is 13.6. The van der Waals surface area contributed by atoms with Crippen molar-refractivity contribution in [1.29, 1.82) is 5.26 Å². The predicted octanol–water partition coefficient (Wildman–Crippen LogP) is 3.89. The molecule has 0 saturated carbocycles. The van der Waals surface area contributed by atoms with E-state index in [9.17, 15) is 5.26 Å². The number of hydrogen-bond acceptors (Lipinski definition) is 6. The van der Waals surface area contributed by atoms with Crippen molar-refractivity contribution in [3.8, 4) is 17.3 Å². The molecule has 0 saturated heterocycles. The van der Waals surface area contributed by atoms with E-state index < -0.39 is 0 Å². The second kappa shape index (κ2) is 5.69. The molecule has 6 heteroatoms. The molecule has 2 aromatic heterocycles. The van der Waals surface area contributed by atoms with Gasteiger partial charge in [0, 0.05) is 22.4 Å².